The number of hydrogen-bond acceptors (Lipinski definition) is 2. The van der Waals surface area contributed by atoms with Crippen molar-refractivity contribution in [2.75, 3.05) is 0 Å². The molecule has 0 fully saturated rings. The molecule has 5 rings (SSSR count). The minimum atomic E-state index is -2.17. The Hall–Kier alpha value is -2.43. The van der Waals surface area contributed by atoms with Crippen LogP contribution in [0.15, 0.2) is 79.0 Å². The van der Waals surface area contributed by atoms with E-state index < -0.39 is 13.3 Å². The summed E-state index contributed by atoms with van der Waals surface area (Å²) in [5.41, 5.74) is 5.10. The first kappa shape index (κ1) is 22.4. The third-order valence-corrected chi connectivity index (χ3v) is 12.2. The van der Waals surface area contributed by atoms with Crippen molar-refractivity contribution in [2.24, 2.45) is 0 Å². The fraction of sp³-hybridized carbons (Fsp3) is 0.233. The molecule has 0 saturated carbocycles. The summed E-state index contributed by atoms with van der Waals surface area (Å²) < 4.78 is 2.92. The van der Waals surface area contributed by atoms with Gasteiger partial charge >= 0.3 is 205 Å². The summed E-state index contributed by atoms with van der Waals surface area (Å²) >= 11 is -0.240. The first-order chi connectivity index (χ1) is 15.6. The fourth-order valence-electron chi connectivity index (χ4n) is 4.83. The van der Waals surface area contributed by atoms with Crippen LogP contribution in [0.1, 0.15) is 26.3 Å². The molecule has 1 nitrogen and oxygen atoms in total. The molecule has 0 aliphatic heterocycles. The van der Waals surface area contributed by atoms with E-state index in [9.17, 15) is 0 Å². The second kappa shape index (κ2) is 8.11. The Labute approximate surface area is 203 Å². The Morgan fingerprint density at radius 1 is 0.758 bits per heavy atom. The summed E-state index contributed by atoms with van der Waals surface area (Å²) in [6, 6.07) is 26.6. The van der Waals surface area contributed by atoms with E-state index in [-0.39, 0.29) is 5.41 Å². The van der Waals surface area contributed by atoms with Crippen LogP contribution in [0.3, 0.4) is 0 Å². The van der Waals surface area contributed by atoms with E-state index in [1.54, 1.807) is 4.40 Å². The molecule has 0 unspecified atom stereocenters. The molecule has 0 N–H and O–H groups in total. The summed E-state index contributed by atoms with van der Waals surface area (Å²) in [6.45, 7) is 6.91. The summed E-state index contributed by atoms with van der Waals surface area (Å²) in [7, 11) is 0. The quantitative estimate of drug-likeness (QED) is 0.222. The van der Waals surface area contributed by atoms with Crippen molar-refractivity contribution in [1.82, 2.24) is 4.98 Å². The molecule has 0 aliphatic carbocycles. The van der Waals surface area contributed by atoms with E-state index >= 15 is 0 Å². The van der Waals surface area contributed by atoms with Crippen LogP contribution in [0.25, 0.3) is 42.6 Å². The van der Waals surface area contributed by atoms with Crippen LogP contribution < -0.4 is 4.40 Å². The van der Waals surface area contributed by atoms with Gasteiger partial charge in [0.1, 0.15) is 0 Å². The van der Waals surface area contributed by atoms with E-state index in [2.05, 4.69) is 111 Å². The molecule has 3 aromatic carbocycles. The zero-order valence-corrected chi connectivity index (χ0v) is 23.3. The Morgan fingerprint density at radius 3 is 2.15 bits per heavy atom. The van der Waals surface area contributed by atoms with Gasteiger partial charge in [-0.2, -0.15) is 0 Å². The Bertz CT molecular complexity index is 1470. The first-order valence-corrected chi connectivity index (χ1v) is 19.8. The van der Waals surface area contributed by atoms with Gasteiger partial charge < -0.3 is 0 Å². The number of nitrogens with zero attached hydrogens (tertiary/aromatic N) is 1. The summed E-state index contributed by atoms with van der Waals surface area (Å²) in [6.07, 6.45) is 2.02. The zero-order chi connectivity index (χ0) is 23.4. The van der Waals surface area contributed by atoms with E-state index in [1.165, 1.54) is 42.4 Å². The number of aromatic nitrogens is 1. The van der Waals surface area contributed by atoms with Gasteiger partial charge in [-0.05, 0) is 0 Å². The van der Waals surface area contributed by atoms with Crippen molar-refractivity contribution < 1.29 is 0 Å². The maximum absolute atomic E-state index is 4.97. The van der Waals surface area contributed by atoms with Crippen LogP contribution in [-0.4, -0.2) is 18.3 Å². The molecule has 5 aromatic rings. The molecular formula is C30H31GeNS. The van der Waals surface area contributed by atoms with Crippen LogP contribution in [0.4, 0.5) is 0 Å². The molecule has 2 aromatic heterocycles. The summed E-state index contributed by atoms with van der Waals surface area (Å²) in [4.78, 5) is 6.40. The molecular weight excluding hydrogens is 479 g/mol. The third kappa shape index (κ3) is 4.04. The molecule has 166 valence electrons. The van der Waals surface area contributed by atoms with Crippen LogP contribution >= 0.6 is 11.3 Å². The Morgan fingerprint density at radius 2 is 1.45 bits per heavy atom. The monoisotopic (exact) mass is 511 g/mol. The molecule has 0 saturated heterocycles. The van der Waals surface area contributed by atoms with Crippen molar-refractivity contribution in [3.63, 3.8) is 0 Å². The van der Waals surface area contributed by atoms with E-state index in [0.717, 1.165) is 5.69 Å². The van der Waals surface area contributed by atoms with E-state index in [1.807, 2.05) is 17.5 Å². The van der Waals surface area contributed by atoms with Crippen molar-refractivity contribution in [2.45, 2.75) is 43.5 Å². The molecule has 0 atom stereocenters. The second-order valence-electron chi connectivity index (χ2n) is 11.0. The maximum atomic E-state index is 4.97. The predicted octanol–water partition coefficient (Wildman–Crippen LogP) is 8.63. The summed E-state index contributed by atoms with van der Waals surface area (Å²) in [5.74, 6) is 7.51. The van der Waals surface area contributed by atoms with Gasteiger partial charge in [0.25, 0.3) is 0 Å². The third-order valence-electron chi connectivity index (χ3n) is 6.33. The van der Waals surface area contributed by atoms with E-state index in [0.29, 0.717) is 0 Å². The number of pyridine rings is 1. The van der Waals surface area contributed by atoms with Crippen LogP contribution in [0.5, 0.6) is 0 Å². The predicted molar refractivity (Wildman–Crippen MR) is 150 cm³/mol. The normalized spacial score (nSPS) is 12.5. The van der Waals surface area contributed by atoms with Gasteiger partial charge in [0.2, 0.25) is 0 Å². The number of fused-ring (bicyclic) bond motifs is 2. The van der Waals surface area contributed by atoms with Gasteiger partial charge in [-0.1, -0.05) is 0 Å². The number of benzene rings is 3. The standard InChI is InChI=1S/C30H31GeNS/c1-30(2,3)25-19-22(18-21-14-10-11-15-23(21)25)27-29-24(16-17-32-27)26(31(4,5)6)28(33-29)20-12-8-7-9-13-20/h7-19H,1-6H3. The first-order valence-electron chi connectivity index (χ1n) is 11.7. The molecule has 2 heterocycles. The number of hydrogen-bond donors (Lipinski definition) is 0. The van der Waals surface area contributed by atoms with Crippen LogP contribution in [0.2, 0.25) is 17.3 Å². The fourth-order valence-corrected chi connectivity index (χ4v) is 12.0. The number of rotatable bonds is 3. The van der Waals surface area contributed by atoms with Gasteiger partial charge in [0, 0.05) is 0 Å². The molecule has 0 bridgehead atoms. The van der Waals surface area contributed by atoms with Crippen molar-refractivity contribution in [3.05, 3.63) is 84.6 Å². The van der Waals surface area contributed by atoms with Crippen LogP contribution in [0, 0.1) is 0 Å². The molecule has 3 heteroatoms. The topological polar surface area (TPSA) is 12.9 Å². The van der Waals surface area contributed by atoms with Gasteiger partial charge in [-0.3, -0.25) is 0 Å². The van der Waals surface area contributed by atoms with Gasteiger partial charge in [-0.25, -0.2) is 0 Å². The van der Waals surface area contributed by atoms with Crippen molar-refractivity contribution in [1.29, 1.82) is 0 Å². The number of thiophene rings is 1. The van der Waals surface area contributed by atoms with Gasteiger partial charge in [0.15, 0.2) is 0 Å². The second-order valence-corrected chi connectivity index (χ2v) is 22.5. The SMILES string of the molecule is CC(C)(C)c1cc(-c2nccc3[c]([Ge]([CH3])([CH3])[CH3])c(-c4ccccc4)sc23)cc2ccccc12. The Balaban J connectivity index is 1.84. The minimum absolute atomic E-state index is 0.0556. The van der Waals surface area contributed by atoms with Gasteiger partial charge in [-0.15, -0.1) is 0 Å². The van der Waals surface area contributed by atoms with Crippen LogP contribution in [-0.2, 0) is 5.41 Å². The molecule has 33 heavy (non-hydrogen) atoms. The summed E-state index contributed by atoms with van der Waals surface area (Å²) in [5, 5.41) is 4.02. The van der Waals surface area contributed by atoms with E-state index in [4.69, 9.17) is 4.98 Å². The average molecular weight is 510 g/mol. The molecule has 0 spiro atoms. The average Bonchev–Trinajstić information content (AvgIpc) is 3.18. The Kier molecular flexibility index (Phi) is 5.50. The zero-order valence-electron chi connectivity index (χ0n) is 20.4. The van der Waals surface area contributed by atoms with Gasteiger partial charge in [0.05, 0.1) is 0 Å². The molecule has 0 amide bonds. The molecule has 0 aliphatic rings. The van der Waals surface area contributed by atoms with Crippen molar-refractivity contribution in [3.8, 4) is 21.7 Å². The van der Waals surface area contributed by atoms with Crippen molar-refractivity contribution >= 4 is 49.9 Å². The molecule has 0 radical (unpaired) electrons.